The zero-order valence-corrected chi connectivity index (χ0v) is 16.2. The molecule has 1 aliphatic rings. The largest absolute Gasteiger partial charge is 0.474 e. The summed E-state index contributed by atoms with van der Waals surface area (Å²) in [5.74, 6) is -0.135. The predicted molar refractivity (Wildman–Crippen MR) is 103 cm³/mol. The number of pyridine rings is 2. The summed E-state index contributed by atoms with van der Waals surface area (Å²) in [6.07, 6.45) is 6.56. The van der Waals surface area contributed by atoms with E-state index in [0.29, 0.717) is 30.3 Å². The molecule has 1 saturated carbocycles. The van der Waals surface area contributed by atoms with Crippen LogP contribution in [0, 0.1) is 6.92 Å². The van der Waals surface area contributed by atoms with E-state index in [0.717, 1.165) is 18.4 Å². The van der Waals surface area contributed by atoms with Gasteiger partial charge in [-0.2, -0.15) is 0 Å². The van der Waals surface area contributed by atoms with Crippen molar-refractivity contribution in [1.82, 2.24) is 15.3 Å². The minimum atomic E-state index is -0.439. The van der Waals surface area contributed by atoms with E-state index in [9.17, 15) is 9.59 Å². The van der Waals surface area contributed by atoms with E-state index in [1.807, 2.05) is 12.1 Å². The number of esters is 1. The van der Waals surface area contributed by atoms with Crippen LogP contribution in [0.5, 0.6) is 5.88 Å². The molecule has 0 spiro atoms. The van der Waals surface area contributed by atoms with Crippen molar-refractivity contribution in [2.45, 2.75) is 52.2 Å². The Morgan fingerprint density at radius 2 is 1.96 bits per heavy atom. The SMILES string of the molecule is CCOC(=O)c1ccc(C(=O)NCc2ccc(OC3CCCC3)nc2)nc1C. The first-order valence-corrected chi connectivity index (χ1v) is 9.61. The van der Waals surface area contributed by atoms with Gasteiger partial charge in [-0.1, -0.05) is 6.07 Å². The van der Waals surface area contributed by atoms with Crippen LogP contribution in [0.25, 0.3) is 0 Å². The number of nitrogens with one attached hydrogen (secondary N) is 1. The fourth-order valence-corrected chi connectivity index (χ4v) is 3.15. The van der Waals surface area contributed by atoms with Gasteiger partial charge in [0.05, 0.1) is 17.9 Å². The van der Waals surface area contributed by atoms with Crippen molar-refractivity contribution in [3.63, 3.8) is 0 Å². The number of aryl methyl sites for hydroxylation is 1. The Kier molecular flexibility index (Phi) is 6.57. The van der Waals surface area contributed by atoms with Gasteiger partial charge in [0.25, 0.3) is 5.91 Å². The summed E-state index contributed by atoms with van der Waals surface area (Å²) < 4.78 is 10.8. The number of hydrogen-bond donors (Lipinski definition) is 1. The Hall–Kier alpha value is -2.96. The van der Waals surface area contributed by atoms with Gasteiger partial charge in [-0.3, -0.25) is 4.79 Å². The molecule has 0 saturated heterocycles. The molecule has 0 unspecified atom stereocenters. The first kappa shape index (κ1) is 19.8. The summed E-state index contributed by atoms with van der Waals surface area (Å²) in [6.45, 7) is 4.04. The molecule has 0 aliphatic heterocycles. The van der Waals surface area contributed by atoms with Gasteiger partial charge in [-0.15, -0.1) is 0 Å². The van der Waals surface area contributed by atoms with Crippen molar-refractivity contribution in [1.29, 1.82) is 0 Å². The maximum absolute atomic E-state index is 12.3. The third-order valence-electron chi connectivity index (χ3n) is 4.65. The lowest BCUT2D eigenvalue weighted by molar-refractivity contribution is 0.0524. The number of amides is 1. The fourth-order valence-electron chi connectivity index (χ4n) is 3.15. The molecule has 0 radical (unpaired) electrons. The molecule has 0 bridgehead atoms. The second kappa shape index (κ2) is 9.30. The maximum atomic E-state index is 12.3. The van der Waals surface area contributed by atoms with Gasteiger partial charge >= 0.3 is 5.97 Å². The van der Waals surface area contributed by atoms with Gasteiger partial charge in [0, 0.05) is 18.8 Å². The molecule has 0 aromatic carbocycles. The zero-order chi connectivity index (χ0) is 19.9. The van der Waals surface area contributed by atoms with Crippen LogP contribution in [-0.4, -0.2) is 34.6 Å². The van der Waals surface area contributed by atoms with Crippen molar-refractivity contribution in [3.8, 4) is 5.88 Å². The minimum Gasteiger partial charge on any atom is -0.474 e. The molecule has 2 aromatic heterocycles. The number of carbonyl (C=O) groups is 2. The van der Waals surface area contributed by atoms with Crippen molar-refractivity contribution in [3.05, 3.63) is 53.0 Å². The zero-order valence-electron chi connectivity index (χ0n) is 16.2. The molecule has 148 valence electrons. The number of nitrogens with zero attached hydrogens (tertiary/aromatic N) is 2. The number of rotatable bonds is 7. The molecule has 1 amide bonds. The van der Waals surface area contributed by atoms with Crippen LogP contribution in [0.1, 0.15) is 64.7 Å². The summed E-state index contributed by atoms with van der Waals surface area (Å²) in [4.78, 5) is 32.7. The minimum absolute atomic E-state index is 0.250. The number of hydrogen-bond acceptors (Lipinski definition) is 6. The molecule has 1 aliphatic carbocycles. The van der Waals surface area contributed by atoms with Crippen LogP contribution < -0.4 is 10.1 Å². The second-order valence-corrected chi connectivity index (χ2v) is 6.76. The molecule has 7 nitrogen and oxygen atoms in total. The van der Waals surface area contributed by atoms with E-state index in [1.54, 1.807) is 26.1 Å². The Morgan fingerprint density at radius 1 is 1.18 bits per heavy atom. The molecular weight excluding hydrogens is 358 g/mol. The van der Waals surface area contributed by atoms with Gasteiger partial charge in [-0.05, 0) is 57.2 Å². The molecule has 1 N–H and O–H groups in total. The summed E-state index contributed by atoms with van der Waals surface area (Å²) in [7, 11) is 0. The molecule has 0 atom stereocenters. The van der Waals surface area contributed by atoms with Crippen molar-refractivity contribution in [2.24, 2.45) is 0 Å². The van der Waals surface area contributed by atoms with E-state index in [-0.39, 0.29) is 17.7 Å². The maximum Gasteiger partial charge on any atom is 0.339 e. The molecular formula is C21H25N3O4. The fraction of sp³-hybridized carbons (Fsp3) is 0.429. The Labute approximate surface area is 164 Å². The number of carbonyl (C=O) groups excluding carboxylic acids is 2. The lowest BCUT2D eigenvalue weighted by atomic mass is 10.2. The summed E-state index contributed by atoms with van der Waals surface area (Å²) in [5, 5.41) is 2.81. The van der Waals surface area contributed by atoms with E-state index in [4.69, 9.17) is 9.47 Å². The smallest absolute Gasteiger partial charge is 0.339 e. The number of aromatic nitrogens is 2. The van der Waals surface area contributed by atoms with Crippen molar-refractivity contribution < 1.29 is 19.1 Å². The Bertz CT molecular complexity index is 830. The van der Waals surface area contributed by atoms with Gasteiger partial charge < -0.3 is 14.8 Å². The summed E-state index contributed by atoms with van der Waals surface area (Å²) in [6, 6.07) is 6.80. The second-order valence-electron chi connectivity index (χ2n) is 6.76. The standard InChI is InChI=1S/C21H25N3O4/c1-3-27-21(26)17-9-10-18(24-14(17)2)20(25)23-13-15-8-11-19(22-12-15)28-16-6-4-5-7-16/h8-12,16H,3-7,13H2,1-2H3,(H,23,25). The highest BCUT2D eigenvalue weighted by Gasteiger charge is 2.17. The van der Waals surface area contributed by atoms with Crippen LogP contribution in [-0.2, 0) is 11.3 Å². The van der Waals surface area contributed by atoms with E-state index in [1.165, 1.54) is 18.9 Å². The van der Waals surface area contributed by atoms with Gasteiger partial charge in [0.15, 0.2) is 0 Å². The quantitative estimate of drug-likeness (QED) is 0.739. The molecule has 28 heavy (non-hydrogen) atoms. The van der Waals surface area contributed by atoms with Crippen molar-refractivity contribution in [2.75, 3.05) is 6.61 Å². The van der Waals surface area contributed by atoms with Crippen LogP contribution in [0.2, 0.25) is 0 Å². The Balaban J connectivity index is 1.54. The Morgan fingerprint density at radius 3 is 2.61 bits per heavy atom. The van der Waals surface area contributed by atoms with Gasteiger partial charge in [0.2, 0.25) is 5.88 Å². The molecule has 2 aromatic rings. The van der Waals surface area contributed by atoms with Crippen LogP contribution in [0.3, 0.4) is 0 Å². The lowest BCUT2D eigenvalue weighted by Crippen LogP contribution is -2.24. The normalized spacial score (nSPS) is 13.9. The highest BCUT2D eigenvalue weighted by atomic mass is 16.5. The number of ether oxygens (including phenoxy) is 2. The average molecular weight is 383 g/mol. The topological polar surface area (TPSA) is 90.4 Å². The molecule has 3 rings (SSSR count). The van der Waals surface area contributed by atoms with Crippen LogP contribution in [0.4, 0.5) is 0 Å². The lowest BCUT2D eigenvalue weighted by Gasteiger charge is -2.12. The van der Waals surface area contributed by atoms with Crippen molar-refractivity contribution >= 4 is 11.9 Å². The average Bonchev–Trinajstić information content (AvgIpc) is 3.20. The molecule has 2 heterocycles. The third-order valence-corrected chi connectivity index (χ3v) is 4.65. The van der Waals surface area contributed by atoms with E-state index in [2.05, 4.69) is 15.3 Å². The van der Waals surface area contributed by atoms with Crippen LogP contribution in [0.15, 0.2) is 30.5 Å². The molecule has 7 heteroatoms. The molecule has 1 fully saturated rings. The predicted octanol–water partition coefficient (Wildman–Crippen LogP) is 3.21. The summed E-state index contributed by atoms with van der Waals surface area (Å²) in [5.41, 5.74) is 1.94. The van der Waals surface area contributed by atoms with Gasteiger partial charge in [0.1, 0.15) is 11.8 Å². The van der Waals surface area contributed by atoms with Crippen LogP contribution >= 0.6 is 0 Å². The summed E-state index contributed by atoms with van der Waals surface area (Å²) >= 11 is 0. The first-order chi connectivity index (χ1) is 13.6. The third kappa shape index (κ3) is 5.06. The first-order valence-electron chi connectivity index (χ1n) is 9.61. The van der Waals surface area contributed by atoms with E-state index >= 15 is 0 Å². The highest BCUT2D eigenvalue weighted by Crippen LogP contribution is 2.22. The monoisotopic (exact) mass is 383 g/mol. The van der Waals surface area contributed by atoms with Gasteiger partial charge in [-0.25, -0.2) is 14.8 Å². The highest BCUT2D eigenvalue weighted by molar-refractivity contribution is 5.94. The van der Waals surface area contributed by atoms with E-state index < -0.39 is 5.97 Å².